The van der Waals surface area contributed by atoms with E-state index in [-0.39, 0.29) is 22.3 Å². The van der Waals surface area contributed by atoms with Gasteiger partial charge in [0.1, 0.15) is 23.6 Å². The number of rotatable bonds is 6. The van der Waals surface area contributed by atoms with E-state index in [2.05, 4.69) is 10.2 Å². The van der Waals surface area contributed by atoms with Crippen molar-refractivity contribution in [2.45, 2.75) is 47.7 Å². The molecule has 1 saturated heterocycles. The summed E-state index contributed by atoms with van der Waals surface area (Å²) in [5, 5.41) is 35.8. The topological polar surface area (TPSA) is 90.1 Å². The highest BCUT2D eigenvalue weighted by molar-refractivity contribution is 5.99. The fraction of sp³-hybridized carbons (Fsp3) is 0.278. The van der Waals surface area contributed by atoms with Crippen LogP contribution in [0.2, 0.25) is 0 Å². The summed E-state index contributed by atoms with van der Waals surface area (Å²) in [4.78, 5) is 0. The van der Waals surface area contributed by atoms with Crippen molar-refractivity contribution in [1.29, 1.82) is 0 Å². The maximum absolute atomic E-state index is 15.2. The van der Waals surface area contributed by atoms with Crippen LogP contribution in [0.15, 0.2) is 119 Å². The van der Waals surface area contributed by atoms with Crippen molar-refractivity contribution >= 4 is 11.4 Å². The van der Waals surface area contributed by atoms with Crippen LogP contribution in [-0.4, -0.2) is 70.3 Å². The zero-order valence-electron chi connectivity index (χ0n) is 26.5. The first-order chi connectivity index (χ1) is 23.7. The number of halogens is 6. The molecule has 3 aliphatic heterocycles. The number of nitrogens with zero attached hydrogens (tertiary/aromatic N) is 4. The van der Waals surface area contributed by atoms with Gasteiger partial charge in [-0.25, -0.2) is 0 Å². The number of piperazine rings is 1. The first-order valence-corrected chi connectivity index (χ1v) is 15.5. The molecule has 4 aromatic rings. The number of aliphatic hydroxyl groups is 2. The van der Waals surface area contributed by atoms with Crippen LogP contribution in [0.4, 0.5) is 26.3 Å². The predicted octanol–water partition coefficient (Wildman–Crippen LogP) is 6.48. The number of fused-ring (bicyclic) bond motifs is 2. The zero-order valence-corrected chi connectivity index (χ0v) is 26.5. The highest BCUT2D eigenvalue weighted by Gasteiger charge is 2.74. The van der Waals surface area contributed by atoms with Crippen molar-refractivity contribution in [3.05, 3.63) is 131 Å². The van der Waals surface area contributed by atoms with Crippen molar-refractivity contribution < 1.29 is 46.0 Å². The second-order valence-electron chi connectivity index (χ2n) is 12.2. The van der Waals surface area contributed by atoms with Crippen LogP contribution in [0.25, 0.3) is 0 Å². The molecule has 1 fully saturated rings. The Kier molecular flexibility index (Phi) is 7.86. The molecule has 260 valence electrons. The summed E-state index contributed by atoms with van der Waals surface area (Å²) < 4.78 is 101. The van der Waals surface area contributed by atoms with Crippen molar-refractivity contribution in [3.8, 4) is 11.5 Å². The molecule has 3 heterocycles. The third-order valence-corrected chi connectivity index (χ3v) is 9.63. The molecule has 0 amide bonds. The van der Waals surface area contributed by atoms with Gasteiger partial charge in [0.25, 0.3) is 0 Å². The van der Waals surface area contributed by atoms with E-state index in [1.54, 1.807) is 12.1 Å². The quantitative estimate of drug-likeness (QED) is 0.225. The van der Waals surface area contributed by atoms with E-state index in [1.807, 2.05) is 0 Å². The van der Waals surface area contributed by atoms with Crippen LogP contribution in [-0.2, 0) is 11.4 Å². The number of benzene rings is 4. The molecule has 0 saturated carbocycles. The average molecular weight is 697 g/mol. The SMILES string of the molecule is COc1ccc([C@@H]2C(C(F)(F)F)=NN3C2[C@@](O)(c2ccccc2)N2N=C(C(F)(F)F)[C@@H](c4ccc(OC)cc4)C2[C@@]3(O)c2ccccc2)cc1. The van der Waals surface area contributed by atoms with E-state index in [4.69, 9.17) is 9.47 Å². The highest BCUT2D eigenvalue weighted by atomic mass is 19.4. The smallest absolute Gasteiger partial charge is 0.431 e. The van der Waals surface area contributed by atoms with Gasteiger partial charge in [0, 0.05) is 11.1 Å². The van der Waals surface area contributed by atoms with Gasteiger partial charge in [-0.15, -0.1) is 0 Å². The summed E-state index contributed by atoms with van der Waals surface area (Å²) in [6, 6.07) is 22.2. The lowest BCUT2D eigenvalue weighted by molar-refractivity contribution is -0.311. The van der Waals surface area contributed by atoms with Gasteiger partial charge in [0.2, 0.25) is 11.4 Å². The molecule has 0 radical (unpaired) electrons. The summed E-state index contributed by atoms with van der Waals surface area (Å²) in [6.45, 7) is 0. The molecule has 3 aliphatic rings. The lowest BCUT2D eigenvalue weighted by atomic mass is 9.71. The third-order valence-electron chi connectivity index (χ3n) is 9.63. The van der Waals surface area contributed by atoms with E-state index < -0.39 is 59.1 Å². The molecule has 2 unspecified atom stereocenters. The van der Waals surface area contributed by atoms with Gasteiger partial charge < -0.3 is 19.7 Å². The molecule has 0 aromatic heterocycles. The second kappa shape index (κ2) is 11.8. The van der Waals surface area contributed by atoms with Crippen LogP contribution >= 0.6 is 0 Å². The summed E-state index contributed by atoms with van der Waals surface area (Å²) in [5.41, 5.74) is -8.28. The molecule has 0 aliphatic carbocycles. The van der Waals surface area contributed by atoms with Gasteiger partial charge in [-0.05, 0) is 35.4 Å². The first-order valence-electron chi connectivity index (χ1n) is 15.5. The number of methoxy groups -OCH3 is 2. The van der Waals surface area contributed by atoms with E-state index in [0.717, 1.165) is 10.0 Å². The molecule has 7 rings (SSSR count). The van der Waals surface area contributed by atoms with Crippen molar-refractivity contribution in [3.63, 3.8) is 0 Å². The van der Waals surface area contributed by atoms with Gasteiger partial charge in [-0.3, -0.25) is 10.0 Å². The molecular formula is C36H30F6N4O4. The van der Waals surface area contributed by atoms with E-state index in [0.29, 0.717) is 11.5 Å². The molecule has 2 N–H and O–H groups in total. The van der Waals surface area contributed by atoms with Crippen LogP contribution < -0.4 is 9.47 Å². The Labute approximate surface area is 282 Å². The molecule has 0 bridgehead atoms. The van der Waals surface area contributed by atoms with Crippen LogP contribution in [0.3, 0.4) is 0 Å². The summed E-state index contributed by atoms with van der Waals surface area (Å²) in [6.07, 6.45) is -10.2. The average Bonchev–Trinajstić information content (AvgIpc) is 3.75. The molecule has 8 nitrogen and oxygen atoms in total. The van der Waals surface area contributed by atoms with Crippen LogP contribution in [0.1, 0.15) is 34.1 Å². The zero-order chi connectivity index (χ0) is 35.6. The Hall–Kier alpha value is -5.08. The fourth-order valence-corrected chi connectivity index (χ4v) is 7.46. The summed E-state index contributed by atoms with van der Waals surface area (Å²) in [5.74, 6) is -2.99. The lowest BCUT2D eigenvalue weighted by Crippen LogP contribution is -2.74. The van der Waals surface area contributed by atoms with Crippen LogP contribution in [0.5, 0.6) is 11.5 Å². The number of alkyl halides is 6. The largest absolute Gasteiger partial charge is 0.497 e. The predicted molar refractivity (Wildman–Crippen MR) is 170 cm³/mol. The molecule has 4 aromatic carbocycles. The van der Waals surface area contributed by atoms with Crippen molar-refractivity contribution in [1.82, 2.24) is 10.0 Å². The fourth-order valence-electron chi connectivity index (χ4n) is 7.46. The normalized spacial score (nSPS) is 27.7. The first kappa shape index (κ1) is 33.4. The Morgan fingerprint density at radius 3 is 1.14 bits per heavy atom. The third kappa shape index (κ3) is 4.99. The minimum absolute atomic E-state index is 0.0171. The van der Waals surface area contributed by atoms with Gasteiger partial charge >= 0.3 is 12.4 Å². The van der Waals surface area contributed by atoms with E-state index in [9.17, 15) is 10.2 Å². The minimum atomic E-state index is -5.10. The molecular weight excluding hydrogens is 666 g/mol. The molecule has 50 heavy (non-hydrogen) atoms. The van der Waals surface area contributed by atoms with Crippen LogP contribution in [0, 0.1) is 0 Å². The molecule has 6 atom stereocenters. The van der Waals surface area contributed by atoms with Crippen molar-refractivity contribution in [2.24, 2.45) is 10.2 Å². The van der Waals surface area contributed by atoms with E-state index >= 15 is 26.3 Å². The number of ether oxygens (including phenoxy) is 2. The molecule has 0 spiro atoms. The Balaban J connectivity index is 1.58. The molecule has 14 heteroatoms. The second-order valence-corrected chi connectivity index (χ2v) is 12.2. The number of hydrazone groups is 2. The summed E-state index contributed by atoms with van der Waals surface area (Å²) in [7, 11) is 2.76. The standard InChI is InChI=1S/C36H30F6N4O4/c1-49-25-17-13-21(14-18-25)27-29(35(37,38)39)43-45-31(27)33(47,23-9-5-3-6-10-23)46-32(34(45,48)24-11-7-4-8-12-24)28(30(44-46)36(40,41)42)22-15-19-26(50-2)20-16-22/h3-20,27-28,31-32,47-48H,1-2H3/t27-,28-,31?,32?,33+,34+/m1/s1. The number of hydrogen-bond donors (Lipinski definition) is 2. The maximum atomic E-state index is 15.2. The maximum Gasteiger partial charge on any atom is 0.431 e. The van der Waals surface area contributed by atoms with Gasteiger partial charge in [0.15, 0.2) is 11.4 Å². The van der Waals surface area contributed by atoms with Crippen molar-refractivity contribution in [2.75, 3.05) is 14.2 Å². The lowest BCUT2D eigenvalue weighted by Gasteiger charge is -2.60. The van der Waals surface area contributed by atoms with E-state index in [1.165, 1.54) is 111 Å². The Morgan fingerprint density at radius 1 is 0.540 bits per heavy atom. The van der Waals surface area contributed by atoms with Gasteiger partial charge in [0.05, 0.1) is 26.1 Å². The highest BCUT2D eigenvalue weighted by Crippen LogP contribution is 2.61. The minimum Gasteiger partial charge on any atom is -0.497 e. The Bertz CT molecular complexity index is 1780. The summed E-state index contributed by atoms with van der Waals surface area (Å²) >= 11 is 0. The number of hydrogen-bond acceptors (Lipinski definition) is 8. The van der Waals surface area contributed by atoms with Gasteiger partial charge in [-0.2, -0.15) is 36.5 Å². The van der Waals surface area contributed by atoms with Gasteiger partial charge in [-0.1, -0.05) is 84.9 Å². The Morgan fingerprint density at radius 2 is 0.860 bits per heavy atom. The monoisotopic (exact) mass is 696 g/mol.